The van der Waals surface area contributed by atoms with Crippen LogP contribution in [0.5, 0.6) is 5.88 Å². The maximum absolute atomic E-state index is 13.1. The second-order valence-electron chi connectivity index (χ2n) is 5.63. The average Bonchev–Trinajstić information content (AvgIpc) is 2.51. The molecule has 0 N–H and O–H groups in total. The molecule has 1 aromatic heterocycles. The van der Waals surface area contributed by atoms with Crippen LogP contribution in [0.4, 0.5) is 24.8 Å². The van der Waals surface area contributed by atoms with Gasteiger partial charge in [-0.15, -0.1) is 0 Å². The van der Waals surface area contributed by atoms with Gasteiger partial charge in [0.05, 0.1) is 6.61 Å². The first-order valence-electron chi connectivity index (χ1n) is 7.25. The monoisotopic (exact) mass is 403 g/mol. The lowest BCUT2D eigenvalue weighted by atomic mass is 10.2. The number of halogens is 4. The lowest BCUT2D eigenvalue weighted by Gasteiger charge is -2.20. The standard InChI is InChI=1S/C16H17BrF3N3O/c1-10(2)9-24-14-13(16(18,19)20)8-21-15(22-14)23(3)12-6-4-11(17)5-7-12/h4-8,10H,9H2,1-3H3. The summed E-state index contributed by atoms with van der Waals surface area (Å²) in [6, 6.07) is 7.26. The number of anilines is 2. The third kappa shape index (κ3) is 4.59. The Morgan fingerprint density at radius 3 is 2.38 bits per heavy atom. The van der Waals surface area contributed by atoms with E-state index in [0.717, 1.165) is 16.4 Å². The molecule has 0 bridgehead atoms. The number of nitrogens with zero attached hydrogens (tertiary/aromatic N) is 3. The molecule has 0 fully saturated rings. The predicted molar refractivity (Wildman–Crippen MR) is 89.6 cm³/mol. The molecule has 0 spiro atoms. The minimum Gasteiger partial charge on any atom is -0.477 e. The zero-order valence-electron chi connectivity index (χ0n) is 13.4. The maximum atomic E-state index is 13.1. The lowest BCUT2D eigenvalue weighted by Crippen LogP contribution is -2.18. The SMILES string of the molecule is CC(C)COc1nc(N(C)c2ccc(Br)cc2)ncc1C(F)(F)F. The fourth-order valence-electron chi connectivity index (χ4n) is 1.85. The first-order chi connectivity index (χ1) is 11.2. The molecule has 0 amide bonds. The van der Waals surface area contributed by atoms with E-state index in [0.29, 0.717) is 0 Å². The number of hydrogen-bond donors (Lipinski definition) is 0. The topological polar surface area (TPSA) is 38.2 Å². The fourth-order valence-corrected chi connectivity index (χ4v) is 2.11. The van der Waals surface area contributed by atoms with Crippen LogP contribution in [0.15, 0.2) is 34.9 Å². The van der Waals surface area contributed by atoms with Crippen LogP contribution in [-0.2, 0) is 6.18 Å². The van der Waals surface area contributed by atoms with E-state index in [9.17, 15) is 13.2 Å². The summed E-state index contributed by atoms with van der Waals surface area (Å²) in [5.74, 6) is -0.247. The van der Waals surface area contributed by atoms with Gasteiger partial charge < -0.3 is 9.64 Å². The van der Waals surface area contributed by atoms with Crippen molar-refractivity contribution in [3.05, 3.63) is 40.5 Å². The van der Waals surface area contributed by atoms with Crippen molar-refractivity contribution in [1.29, 1.82) is 0 Å². The fraction of sp³-hybridized carbons (Fsp3) is 0.375. The number of hydrogen-bond acceptors (Lipinski definition) is 4. The summed E-state index contributed by atoms with van der Waals surface area (Å²) in [5.41, 5.74) is -0.233. The summed E-state index contributed by atoms with van der Waals surface area (Å²) in [6.07, 6.45) is -3.81. The zero-order chi connectivity index (χ0) is 17.9. The van der Waals surface area contributed by atoms with E-state index in [1.807, 2.05) is 26.0 Å². The smallest absolute Gasteiger partial charge is 0.423 e. The van der Waals surface area contributed by atoms with E-state index in [2.05, 4.69) is 25.9 Å². The minimum atomic E-state index is -4.57. The van der Waals surface area contributed by atoms with Gasteiger partial charge in [0.15, 0.2) is 0 Å². The highest BCUT2D eigenvalue weighted by molar-refractivity contribution is 9.10. The molecule has 0 saturated carbocycles. The molecule has 4 nitrogen and oxygen atoms in total. The Hall–Kier alpha value is -1.83. The van der Waals surface area contributed by atoms with E-state index in [1.165, 1.54) is 0 Å². The van der Waals surface area contributed by atoms with Gasteiger partial charge in [0.2, 0.25) is 11.8 Å². The van der Waals surface area contributed by atoms with Gasteiger partial charge in [0.1, 0.15) is 5.56 Å². The van der Waals surface area contributed by atoms with Crippen molar-refractivity contribution in [1.82, 2.24) is 9.97 Å². The van der Waals surface area contributed by atoms with E-state index < -0.39 is 17.6 Å². The average molecular weight is 404 g/mol. The van der Waals surface area contributed by atoms with Gasteiger partial charge in [0.25, 0.3) is 0 Å². The van der Waals surface area contributed by atoms with Crippen LogP contribution in [0, 0.1) is 5.92 Å². The van der Waals surface area contributed by atoms with Crippen molar-refractivity contribution in [2.45, 2.75) is 20.0 Å². The van der Waals surface area contributed by atoms with Gasteiger partial charge in [0, 0.05) is 23.4 Å². The molecule has 1 aromatic carbocycles. The highest BCUT2D eigenvalue weighted by atomic mass is 79.9. The first kappa shape index (κ1) is 18.5. The summed E-state index contributed by atoms with van der Waals surface area (Å²) < 4.78 is 45.4. The van der Waals surface area contributed by atoms with Crippen molar-refractivity contribution in [2.75, 3.05) is 18.6 Å². The van der Waals surface area contributed by atoms with Gasteiger partial charge in [-0.05, 0) is 30.2 Å². The molecule has 0 atom stereocenters. The highest BCUT2D eigenvalue weighted by Crippen LogP contribution is 2.36. The number of rotatable bonds is 5. The Morgan fingerprint density at radius 1 is 1.21 bits per heavy atom. The van der Waals surface area contributed by atoms with Crippen LogP contribution < -0.4 is 9.64 Å². The summed E-state index contributed by atoms with van der Waals surface area (Å²) in [5, 5.41) is 0. The van der Waals surface area contributed by atoms with Gasteiger partial charge in [-0.25, -0.2) is 4.98 Å². The summed E-state index contributed by atoms with van der Waals surface area (Å²) in [4.78, 5) is 9.40. The molecule has 0 radical (unpaired) electrons. The Morgan fingerprint density at radius 2 is 1.83 bits per heavy atom. The number of benzene rings is 1. The van der Waals surface area contributed by atoms with Crippen LogP contribution in [0.3, 0.4) is 0 Å². The van der Waals surface area contributed by atoms with Crippen LogP contribution in [-0.4, -0.2) is 23.6 Å². The largest absolute Gasteiger partial charge is 0.477 e. The van der Waals surface area contributed by atoms with Crippen molar-refractivity contribution in [3.8, 4) is 5.88 Å². The molecule has 0 unspecified atom stereocenters. The zero-order valence-corrected chi connectivity index (χ0v) is 15.0. The first-order valence-corrected chi connectivity index (χ1v) is 8.04. The molecule has 0 aliphatic carbocycles. The molecular weight excluding hydrogens is 387 g/mol. The van der Waals surface area contributed by atoms with E-state index in [4.69, 9.17) is 4.74 Å². The summed E-state index contributed by atoms with van der Waals surface area (Å²) in [6.45, 7) is 3.84. The molecule has 0 saturated heterocycles. The molecule has 8 heteroatoms. The van der Waals surface area contributed by atoms with Gasteiger partial charge >= 0.3 is 6.18 Å². The molecule has 0 aliphatic rings. The number of aromatic nitrogens is 2. The van der Waals surface area contributed by atoms with Crippen LogP contribution in [0.25, 0.3) is 0 Å². The quantitative estimate of drug-likeness (QED) is 0.698. The Balaban J connectivity index is 2.37. The van der Waals surface area contributed by atoms with E-state index in [1.54, 1.807) is 24.1 Å². The molecule has 1 heterocycles. The van der Waals surface area contributed by atoms with Crippen molar-refractivity contribution in [3.63, 3.8) is 0 Å². The molecule has 24 heavy (non-hydrogen) atoms. The maximum Gasteiger partial charge on any atom is 0.423 e. The summed E-state index contributed by atoms with van der Waals surface area (Å²) >= 11 is 3.33. The lowest BCUT2D eigenvalue weighted by molar-refractivity contribution is -0.139. The molecular formula is C16H17BrF3N3O. The van der Waals surface area contributed by atoms with Gasteiger partial charge in [-0.3, -0.25) is 0 Å². The molecule has 2 aromatic rings. The number of ether oxygens (including phenoxy) is 1. The van der Waals surface area contributed by atoms with Crippen LogP contribution in [0.1, 0.15) is 19.4 Å². The Kier molecular flexibility index (Phi) is 5.69. The van der Waals surface area contributed by atoms with Gasteiger partial charge in [-0.2, -0.15) is 18.2 Å². The third-order valence-electron chi connectivity index (χ3n) is 3.11. The molecule has 0 aliphatic heterocycles. The summed E-state index contributed by atoms with van der Waals surface area (Å²) in [7, 11) is 1.68. The molecule has 2 rings (SSSR count). The predicted octanol–water partition coefficient (Wildman–Crippen LogP) is 5.06. The number of alkyl halides is 3. The van der Waals surface area contributed by atoms with E-state index >= 15 is 0 Å². The normalized spacial score (nSPS) is 11.7. The Labute approximate surface area is 146 Å². The third-order valence-corrected chi connectivity index (χ3v) is 3.64. The van der Waals surface area contributed by atoms with Crippen molar-refractivity contribution in [2.24, 2.45) is 5.92 Å². The van der Waals surface area contributed by atoms with Crippen molar-refractivity contribution < 1.29 is 17.9 Å². The van der Waals surface area contributed by atoms with Crippen LogP contribution in [0.2, 0.25) is 0 Å². The van der Waals surface area contributed by atoms with Crippen molar-refractivity contribution >= 4 is 27.6 Å². The highest BCUT2D eigenvalue weighted by Gasteiger charge is 2.36. The Bertz CT molecular complexity index is 690. The second-order valence-corrected chi connectivity index (χ2v) is 6.54. The van der Waals surface area contributed by atoms with E-state index in [-0.39, 0.29) is 18.5 Å². The van der Waals surface area contributed by atoms with Crippen LogP contribution >= 0.6 is 15.9 Å². The van der Waals surface area contributed by atoms with Gasteiger partial charge in [-0.1, -0.05) is 29.8 Å². The minimum absolute atomic E-state index is 0.0775. The molecule has 130 valence electrons. The second kappa shape index (κ2) is 7.38.